The summed E-state index contributed by atoms with van der Waals surface area (Å²) >= 11 is 5.99. The Kier molecular flexibility index (Phi) is 6.25. The Bertz CT molecular complexity index is 919. The molecule has 1 aliphatic heterocycles. The number of nitrogens with zero attached hydrogens (tertiary/aromatic N) is 1. The minimum Gasteiger partial charge on any atom is -0.331 e. The molecule has 2 amide bonds. The molecule has 1 aliphatic carbocycles. The molecule has 4 rings (SSSR count). The fourth-order valence-corrected chi connectivity index (χ4v) is 4.75. The topological polar surface area (TPSA) is 44.4 Å². The highest BCUT2D eigenvalue weighted by molar-refractivity contribution is 6.30. The quantitative estimate of drug-likeness (QED) is 0.643. The molecule has 4 nitrogen and oxygen atoms in total. The summed E-state index contributed by atoms with van der Waals surface area (Å²) < 4.78 is 27.3. The lowest BCUT2D eigenvalue weighted by Crippen LogP contribution is -2.61. The van der Waals surface area contributed by atoms with Crippen molar-refractivity contribution in [3.8, 4) is 0 Å². The zero-order valence-corrected chi connectivity index (χ0v) is 17.5. The van der Waals surface area contributed by atoms with Gasteiger partial charge in [0.2, 0.25) is 0 Å². The molecule has 2 aromatic carbocycles. The number of likely N-dealkylation sites (tertiary alicyclic amines) is 1. The maximum absolute atomic E-state index is 14.1. The lowest BCUT2D eigenvalue weighted by atomic mass is 9.76. The average molecular weight is 434 g/mol. The highest BCUT2D eigenvalue weighted by Gasteiger charge is 2.42. The number of rotatable bonds is 6. The van der Waals surface area contributed by atoms with E-state index in [-0.39, 0.29) is 17.6 Å². The van der Waals surface area contributed by atoms with Gasteiger partial charge in [0, 0.05) is 29.4 Å². The van der Waals surface area contributed by atoms with Crippen LogP contribution < -0.4 is 10.6 Å². The van der Waals surface area contributed by atoms with E-state index in [2.05, 4.69) is 15.5 Å². The zero-order valence-electron chi connectivity index (χ0n) is 16.8. The Morgan fingerprint density at radius 3 is 2.70 bits per heavy atom. The molecule has 2 aliphatic rings. The monoisotopic (exact) mass is 433 g/mol. The molecule has 2 aromatic rings. The second kappa shape index (κ2) is 8.90. The van der Waals surface area contributed by atoms with Crippen LogP contribution in [0.3, 0.4) is 0 Å². The van der Waals surface area contributed by atoms with Crippen LogP contribution in [0.1, 0.15) is 37.7 Å². The van der Waals surface area contributed by atoms with Gasteiger partial charge in [-0.1, -0.05) is 23.7 Å². The Morgan fingerprint density at radius 2 is 2.00 bits per heavy atom. The van der Waals surface area contributed by atoms with Gasteiger partial charge in [0.15, 0.2) is 0 Å². The van der Waals surface area contributed by atoms with Crippen molar-refractivity contribution in [2.45, 2.75) is 50.1 Å². The molecule has 1 heterocycles. The summed E-state index contributed by atoms with van der Waals surface area (Å²) in [5, 5.41) is 6.60. The normalized spacial score (nSPS) is 20.6. The SMILES string of the molecule is O=C(Nc1cccc(Cl)c1)NC1(CN2CCCC2Cc2ccc(F)cc2F)CCC1. The Balaban J connectivity index is 1.38. The molecule has 2 fully saturated rings. The molecule has 0 bridgehead atoms. The van der Waals surface area contributed by atoms with Crippen molar-refractivity contribution in [3.05, 3.63) is 64.7 Å². The van der Waals surface area contributed by atoms with Crippen LogP contribution in [0.25, 0.3) is 0 Å². The van der Waals surface area contributed by atoms with Crippen LogP contribution in [0.2, 0.25) is 5.02 Å². The van der Waals surface area contributed by atoms with E-state index in [4.69, 9.17) is 11.6 Å². The molecular formula is C23H26ClF2N3O. The summed E-state index contributed by atoms with van der Waals surface area (Å²) in [6, 6.07) is 10.8. The van der Waals surface area contributed by atoms with Crippen LogP contribution in [0.15, 0.2) is 42.5 Å². The van der Waals surface area contributed by atoms with Crippen molar-refractivity contribution in [2.24, 2.45) is 0 Å². The third-order valence-electron chi connectivity index (χ3n) is 6.25. The summed E-state index contributed by atoms with van der Waals surface area (Å²) in [6.07, 6.45) is 5.48. The molecule has 0 spiro atoms. The maximum atomic E-state index is 14.1. The molecule has 0 aromatic heterocycles. The fraction of sp³-hybridized carbons (Fsp3) is 0.435. The Hall–Kier alpha value is -2.18. The van der Waals surface area contributed by atoms with E-state index in [0.29, 0.717) is 22.7 Å². The minimum absolute atomic E-state index is 0.195. The number of carbonyl (C=O) groups excluding carboxylic acids is 1. The van der Waals surface area contributed by atoms with Gasteiger partial charge in [-0.05, 0) is 74.9 Å². The molecule has 1 saturated heterocycles. The molecule has 1 atom stereocenters. The number of urea groups is 1. The van der Waals surface area contributed by atoms with Gasteiger partial charge < -0.3 is 10.6 Å². The van der Waals surface area contributed by atoms with E-state index in [1.54, 1.807) is 24.3 Å². The summed E-state index contributed by atoms with van der Waals surface area (Å²) in [4.78, 5) is 14.9. The smallest absolute Gasteiger partial charge is 0.319 e. The largest absolute Gasteiger partial charge is 0.331 e. The van der Waals surface area contributed by atoms with Crippen molar-refractivity contribution in [2.75, 3.05) is 18.4 Å². The van der Waals surface area contributed by atoms with Crippen LogP contribution in [0.5, 0.6) is 0 Å². The van der Waals surface area contributed by atoms with Crippen LogP contribution in [0.4, 0.5) is 19.3 Å². The van der Waals surface area contributed by atoms with Crippen molar-refractivity contribution in [1.82, 2.24) is 10.2 Å². The first kappa shape index (κ1) is 21.1. The van der Waals surface area contributed by atoms with Gasteiger partial charge in [-0.3, -0.25) is 4.90 Å². The highest BCUT2D eigenvalue weighted by Crippen LogP contribution is 2.35. The lowest BCUT2D eigenvalue weighted by Gasteiger charge is -2.46. The van der Waals surface area contributed by atoms with Gasteiger partial charge in [-0.25, -0.2) is 13.6 Å². The summed E-state index contributed by atoms with van der Waals surface area (Å²) in [5.74, 6) is -1.04. The first-order valence-corrected chi connectivity index (χ1v) is 10.8. The first-order chi connectivity index (χ1) is 14.4. The van der Waals surface area contributed by atoms with Gasteiger partial charge >= 0.3 is 6.03 Å². The number of halogens is 3. The predicted octanol–water partition coefficient (Wildman–Crippen LogP) is 5.37. The second-order valence-corrected chi connectivity index (χ2v) is 8.87. The van der Waals surface area contributed by atoms with Gasteiger partial charge in [-0.2, -0.15) is 0 Å². The molecule has 7 heteroatoms. The van der Waals surface area contributed by atoms with Gasteiger partial charge in [0.25, 0.3) is 0 Å². The number of hydrogen-bond donors (Lipinski definition) is 2. The van der Waals surface area contributed by atoms with E-state index < -0.39 is 11.6 Å². The van der Waals surface area contributed by atoms with Crippen LogP contribution in [-0.4, -0.2) is 35.6 Å². The van der Waals surface area contributed by atoms with Crippen molar-refractivity contribution in [3.63, 3.8) is 0 Å². The van der Waals surface area contributed by atoms with Crippen molar-refractivity contribution >= 4 is 23.3 Å². The van der Waals surface area contributed by atoms with Crippen molar-refractivity contribution in [1.29, 1.82) is 0 Å². The van der Waals surface area contributed by atoms with Crippen LogP contribution in [-0.2, 0) is 6.42 Å². The molecule has 30 heavy (non-hydrogen) atoms. The maximum Gasteiger partial charge on any atom is 0.319 e. The van der Waals surface area contributed by atoms with Crippen LogP contribution >= 0.6 is 11.6 Å². The Labute approximate surface area is 180 Å². The first-order valence-electron chi connectivity index (χ1n) is 10.5. The highest BCUT2D eigenvalue weighted by atomic mass is 35.5. The average Bonchev–Trinajstić information content (AvgIpc) is 3.08. The van der Waals surface area contributed by atoms with E-state index >= 15 is 0 Å². The standard InChI is InChI=1S/C23H26ClF2N3O/c24-17-4-1-5-19(13-17)27-22(30)28-23(9-3-10-23)15-29-11-2-6-20(29)12-16-7-8-18(25)14-21(16)26/h1,4-5,7-8,13-14,20H,2-3,6,9-12,15H2,(H2,27,28,30). The molecule has 2 N–H and O–H groups in total. The third-order valence-corrected chi connectivity index (χ3v) is 6.48. The fourth-order valence-electron chi connectivity index (χ4n) is 4.56. The van der Waals surface area contributed by atoms with Gasteiger partial charge in [0.05, 0.1) is 5.54 Å². The number of carbonyl (C=O) groups is 1. The number of nitrogens with one attached hydrogen (secondary N) is 2. The second-order valence-electron chi connectivity index (χ2n) is 8.43. The van der Waals surface area contributed by atoms with Crippen LogP contribution in [0, 0.1) is 11.6 Å². The molecule has 1 unspecified atom stereocenters. The minimum atomic E-state index is -0.553. The van der Waals surface area contributed by atoms with Gasteiger partial charge in [0.1, 0.15) is 11.6 Å². The molecule has 1 saturated carbocycles. The zero-order chi connectivity index (χ0) is 21.1. The van der Waals surface area contributed by atoms with Gasteiger partial charge in [-0.15, -0.1) is 0 Å². The van der Waals surface area contributed by atoms with E-state index in [1.807, 2.05) is 0 Å². The van der Waals surface area contributed by atoms with E-state index in [9.17, 15) is 13.6 Å². The molecular weight excluding hydrogens is 408 g/mol. The molecule has 0 radical (unpaired) electrons. The lowest BCUT2D eigenvalue weighted by molar-refractivity contribution is 0.109. The van der Waals surface area contributed by atoms with E-state index in [0.717, 1.165) is 51.3 Å². The van der Waals surface area contributed by atoms with E-state index in [1.165, 1.54) is 12.1 Å². The third kappa shape index (κ3) is 4.93. The number of hydrogen-bond acceptors (Lipinski definition) is 2. The summed E-state index contributed by atoms with van der Waals surface area (Å²) in [7, 11) is 0. The Morgan fingerprint density at radius 1 is 1.17 bits per heavy atom. The number of amides is 2. The number of benzene rings is 2. The summed E-state index contributed by atoms with van der Waals surface area (Å²) in [6.45, 7) is 1.66. The summed E-state index contributed by atoms with van der Waals surface area (Å²) in [5.41, 5.74) is 0.926. The van der Waals surface area contributed by atoms with Crippen molar-refractivity contribution < 1.29 is 13.6 Å². The molecule has 160 valence electrons. The predicted molar refractivity (Wildman–Crippen MR) is 115 cm³/mol. The number of anilines is 1.